The van der Waals surface area contributed by atoms with Crippen LogP contribution in [-0.4, -0.2) is 73.3 Å². The largest absolute Gasteiger partial charge is 0.465 e. The van der Waals surface area contributed by atoms with Crippen LogP contribution in [0.15, 0.2) is 24.3 Å². The van der Waals surface area contributed by atoms with E-state index in [1.807, 2.05) is 24.3 Å². The maximum Gasteiger partial charge on any atom is 0.407 e. The fourth-order valence-electron chi connectivity index (χ4n) is 3.86. The first-order chi connectivity index (χ1) is 11.8. The minimum Gasteiger partial charge on any atom is -0.465 e. The second-order valence-electron chi connectivity index (χ2n) is 6.90. The summed E-state index contributed by atoms with van der Waals surface area (Å²) in [5.74, 6) is 0.790. The Morgan fingerprint density at radius 3 is 2.40 bits per heavy atom. The molecule has 0 radical (unpaired) electrons. The molecule has 2 saturated heterocycles. The molecule has 1 aromatic rings. The molecule has 2 aliphatic rings. The number of carbonyl (C=O) groups is 1. The van der Waals surface area contributed by atoms with E-state index in [4.69, 9.17) is 16.7 Å². The molecule has 2 heterocycles. The number of hydrogen-bond acceptors (Lipinski definition) is 4. The number of rotatable bonds is 3. The average molecular weight is 389 g/mol. The third-order valence-electron chi connectivity index (χ3n) is 5.19. The van der Waals surface area contributed by atoms with Crippen molar-refractivity contribution >= 4 is 28.3 Å². The molecule has 140 valence electrons. The molecule has 0 aliphatic carbocycles. The Hall–Kier alpha value is -0.990. The van der Waals surface area contributed by atoms with E-state index >= 15 is 0 Å². The van der Waals surface area contributed by atoms with Crippen molar-refractivity contribution in [1.29, 1.82) is 0 Å². The molecule has 1 aromatic carbocycles. The molecule has 2 aliphatic heterocycles. The van der Waals surface area contributed by atoms with Crippen molar-refractivity contribution in [2.24, 2.45) is 0 Å². The standard InChI is InChI=1S/C17H25ClN2O4S/c18-14-3-1-13(2-4-14)11-16-12-25(23,24)10-9-20(16)15-5-7-19(8-6-15)17(21)22/h1-4,15-16,23-24H,5-12H2,(H,21,22)/t16-/m0/s1. The monoisotopic (exact) mass is 388 g/mol. The molecule has 0 saturated carbocycles. The summed E-state index contributed by atoms with van der Waals surface area (Å²) >= 11 is 5.95. The highest BCUT2D eigenvalue weighted by Crippen LogP contribution is 2.44. The van der Waals surface area contributed by atoms with Crippen LogP contribution >= 0.6 is 22.2 Å². The van der Waals surface area contributed by atoms with Gasteiger partial charge in [-0.05, 0) is 37.0 Å². The van der Waals surface area contributed by atoms with Crippen molar-refractivity contribution < 1.29 is 19.0 Å². The zero-order valence-electron chi connectivity index (χ0n) is 14.1. The molecular weight excluding hydrogens is 364 g/mol. The minimum atomic E-state index is -2.53. The van der Waals surface area contributed by atoms with Crippen molar-refractivity contribution in [3.8, 4) is 0 Å². The van der Waals surface area contributed by atoms with E-state index in [0.29, 0.717) is 42.2 Å². The molecule has 1 amide bonds. The number of amides is 1. The predicted molar refractivity (Wildman–Crippen MR) is 101 cm³/mol. The van der Waals surface area contributed by atoms with E-state index in [1.54, 1.807) is 0 Å². The first-order valence-electron chi connectivity index (χ1n) is 8.56. The summed E-state index contributed by atoms with van der Waals surface area (Å²) in [4.78, 5) is 14.9. The van der Waals surface area contributed by atoms with Crippen molar-refractivity contribution in [2.75, 3.05) is 31.1 Å². The van der Waals surface area contributed by atoms with Crippen LogP contribution < -0.4 is 0 Å². The Bertz CT molecular complexity index is 605. The normalized spacial score (nSPS) is 26.4. The number of benzene rings is 1. The fraction of sp³-hybridized carbons (Fsp3) is 0.588. The Morgan fingerprint density at radius 1 is 1.16 bits per heavy atom. The van der Waals surface area contributed by atoms with Crippen LogP contribution in [0.2, 0.25) is 5.02 Å². The van der Waals surface area contributed by atoms with Gasteiger partial charge in [0.2, 0.25) is 0 Å². The van der Waals surface area contributed by atoms with E-state index < -0.39 is 16.7 Å². The number of piperidine rings is 1. The molecular formula is C17H25ClN2O4S. The smallest absolute Gasteiger partial charge is 0.407 e. The summed E-state index contributed by atoms with van der Waals surface area (Å²) in [5, 5.41) is 9.80. The van der Waals surface area contributed by atoms with Gasteiger partial charge in [-0.1, -0.05) is 23.7 Å². The van der Waals surface area contributed by atoms with Crippen LogP contribution in [-0.2, 0) is 6.42 Å². The Kier molecular flexibility index (Phi) is 5.80. The van der Waals surface area contributed by atoms with Crippen LogP contribution in [0.5, 0.6) is 0 Å². The van der Waals surface area contributed by atoms with Gasteiger partial charge in [-0.3, -0.25) is 14.0 Å². The third-order valence-corrected chi connectivity index (χ3v) is 7.20. The lowest BCUT2D eigenvalue weighted by Gasteiger charge is -2.50. The van der Waals surface area contributed by atoms with Gasteiger partial charge in [0.1, 0.15) is 0 Å². The fourth-order valence-corrected chi connectivity index (χ4v) is 5.58. The number of carboxylic acid groups (broad SMARTS) is 1. The van der Waals surface area contributed by atoms with Gasteiger partial charge >= 0.3 is 6.09 Å². The second-order valence-corrected chi connectivity index (χ2v) is 9.68. The molecule has 25 heavy (non-hydrogen) atoms. The molecule has 0 unspecified atom stereocenters. The average Bonchev–Trinajstić information content (AvgIpc) is 2.56. The zero-order chi connectivity index (χ0) is 18.0. The maximum absolute atomic E-state index is 11.1. The Morgan fingerprint density at radius 2 is 1.80 bits per heavy atom. The van der Waals surface area contributed by atoms with Crippen molar-refractivity contribution in [1.82, 2.24) is 9.80 Å². The van der Waals surface area contributed by atoms with Crippen LogP contribution in [0.25, 0.3) is 0 Å². The molecule has 2 fully saturated rings. The van der Waals surface area contributed by atoms with E-state index in [2.05, 4.69) is 4.90 Å². The van der Waals surface area contributed by atoms with Crippen LogP contribution in [0.3, 0.4) is 0 Å². The SMILES string of the molecule is O=C(O)N1CCC(N2CCS(O)(O)C[C@@H]2Cc2ccc(Cl)cc2)CC1. The van der Waals surface area contributed by atoms with E-state index in [9.17, 15) is 13.9 Å². The highest BCUT2D eigenvalue weighted by Gasteiger charge is 2.37. The van der Waals surface area contributed by atoms with Crippen molar-refractivity contribution in [3.05, 3.63) is 34.9 Å². The lowest BCUT2D eigenvalue weighted by atomic mass is 9.98. The lowest BCUT2D eigenvalue weighted by Crippen LogP contribution is -2.55. The molecule has 3 N–H and O–H groups in total. The van der Waals surface area contributed by atoms with Gasteiger partial charge in [0.05, 0.1) is 11.5 Å². The summed E-state index contributed by atoms with van der Waals surface area (Å²) < 4.78 is 20.4. The highest BCUT2D eigenvalue weighted by atomic mass is 35.5. The van der Waals surface area contributed by atoms with Gasteiger partial charge < -0.3 is 10.0 Å². The lowest BCUT2D eigenvalue weighted by molar-refractivity contribution is 0.0751. The van der Waals surface area contributed by atoms with Gasteiger partial charge in [0.15, 0.2) is 0 Å². The number of hydrogen-bond donors (Lipinski definition) is 3. The second kappa shape index (κ2) is 7.72. The zero-order valence-corrected chi connectivity index (χ0v) is 15.6. The summed E-state index contributed by atoms with van der Waals surface area (Å²) in [6, 6.07) is 8.02. The number of nitrogens with zero attached hydrogens (tertiary/aromatic N) is 2. The summed E-state index contributed by atoms with van der Waals surface area (Å²) in [5.41, 5.74) is 1.12. The van der Waals surface area contributed by atoms with Gasteiger partial charge in [-0.2, -0.15) is 10.6 Å². The first kappa shape index (κ1) is 18.8. The van der Waals surface area contributed by atoms with Gasteiger partial charge in [0.25, 0.3) is 0 Å². The topological polar surface area (TPSA) is 84.2 Å². The first-order valence-corrected chi connectivity index (χ1v) is 10.8. The van der Waals surface area contributed by atoms with Crippen LogP contribution in [0, 0.1) is 0 Å². The predicted octanol–water partition coefficient (Wildman–Crippen LogP) is 3.46. The summed E-state index contributed by atoms with van der Waals surface area (Å²) in [6.45, 7) is 1.74. The van der Waals surface area contributed by atoms with Crippen LogP contribution in [0.1, 0.15) is 18.4 Å². The molecule has 6 nitrogen and oxygen atoms in total. The maximum atomic E-state index is 11.1. The van der Waals surface area contributed by atoms with Crippen LogP contribution in [0.4, 0.5) is 4.79 Å². The van der Waals surface area contributed by atoms with Crippen molar-refractivity contribution in [3.63, 3.8) is 0 Å². The molecule has 0 aromatic heterocycles. The van der Waals surface area contributed by atoms with Gasteiger partial charge in [-0.15, -0.1) is 0 Å². The molecule has 3 rings (SSSR count). The number of likely N-dealkylation sites (tertiary alicyclic amines) is 1. The Balaban J connectivity index is 1.70. The van der Waals surface area contributed by atoms with Gasteiger partial charge in [0, 0.05) is 36.7 Å². The quantitative estimate of drug-likeness (QED) is 0.738. The highest BCUT2D eigenvalue weighted by molar-refractivity contribution is 8.24. The minimum absolute atomic E-state index is 0.0568. The third kappa shape index (κ3) is 4.80. The van der Waals surface area contributed by atoms with E-state index in [0.717, 1.165) is 24.8 Å². The number of halogens is 1. The Labute approximate surface area is 154 Å². The molecule has 1 atom stereocenters. The molecule has 0 spiro atoms. The van der Waals surface area contributed by atoms with E-state index in [1.165, 1.54) is 4.90 Å². The summed E-state index contributed by atoms with van der Waals surface area (Å²) in [7, 11) is -2.53. The molecule has 8 heteroatoms. The summed E-state index contributed by atoms with van der Waals surface area (Å²) in [6.07, 6.45) is 1.47. The van der Waals surface area contributed by atoms with Gasteiger partial charge in [-0.25, -0.2) is 4.79 Å². The van der Waals surface area contributed by atoms with E-state index in [-0.39, 0.29) is 6.04 Å². The van der Waals surface area contributed by atoms with Crippen molar-refractivity contribution in [2.45, 2.75) is 31.3 Å². The molecule has 0 bridgehead atoms.